The quantitative estimate of drug-likeness (QED) is 0.613. The standard InChI is InChI=1S/C15H25Si/c1-4-12-16(13-5-2,14-6-3)15-10-8-7-9-11-15/h8-11H,4-6,12-14H2,1-3H3. The van der Waals surface area contributed by atoms with Gasteiger partial charge in [0.15, 0.2) is 0 Å². The Balaban J connectivity index is 2.99. The fourth-order valence-electron chi connectivity index (χ4n) is 2.98. The SMILES string of the molecule is CCC[Si](CCC)(CCC)c1cc[c]cc1. The van der Waals surface area contributed by atoms with Gasteiger partial charge in [0.25, 0.3) is 0 Å². The van der Waals surface area contributed by atoms with Crippen molar-refractivity contribution in [3.05, 3.63) is 30.3 Å². The van der Waals surface area contributed by atoms with Crippen LogP contribution in [-0.4, -0.2) is 8.07 Å². The van der Waals surface area contributed by atoms with E-state index in [9.17, 15) is 0 Å². The molecule has 0 N–H and O–H groups in total. The Hall–Kier alpha value is -0.563. The number of hydrogen-bond acceptors (Lipinski definition) is 0. The lowest BCUT2D eigenvalue weighted by Gasteiger charge is -2.31. The van der Waals surface area contributed by atoms with Crippen molar-refractivity contribution >= 4 is 13.3 Å². The third-order valence-electron chi connectivity index (χ3n) is 3.52. The third kappa shape index (κ3) is 3.21. The third-order valence-corrected chi connectivity index (χ3v) is 9.45. The summed E-state index contributed by atoms with van der Waals surface area (Å²) in [6, 6.07) is 16.4. The van der Waals surface area contributed by atoms with E-state index >= 15 is 0 Å². The predicted molar refractivity (Wildman–Crippen MR) is 76.0 cm³/mol. The molecule has 89 valence electrons. The summed E-state index contributed by atoms with van der Waals surface area (Å²) in [4.78, 5) is 0. The molecule has 1 heteroatoms. The van der Waals surface area contributed by atoms with Gasteiger partial charge in [-0.25, -0.2) is 0 Å². The second-order valence-corrected chi connectivity index (χ2v) is 9.46. The molecule has 1 radical (unpaired) electrons. The van der Waals surface area contributed by atoms with E-state index in [0.717, 1.165) is 0 Å². The lowest BCUT2D eigenvalue weighted by atomic mass is 10.4. The zero-order chi connectivity index (χ0) is 11.9. The molecule has 0 bridgehead atoms. The van der Waals surface area contributed by atoms with E-state index in [-0.39, 0.29) is 0 Å². The lowest BCUT2D eigenvalue weighted by Crippen LogP contribution is -2.47. The first-order valence-electron chi connectivity index (χ1n) is 6.75. The van der Waals surface area contributed by atoms with Crippen LogP contribution in [0.5, 0.6) is 0 Å². The maximum atomic E-state index is 3.15. The first-order chi connectivity index (χ1) is 7.79. The minimum Gasteiger partial charge on any atom is -0.0656 e. The van der Waals surface area contributed by atoms with Gasteiger partial charge in [-0.15, -0.1) is 0 Å². The summed E-state index contributed by atoms with van der Waals surface area (Å²) in [6.45, 7) is 7.01. The Morgan fingerprint density at radius 1 is 0.875 bits per heavy atom. The highest BCUT2D eigenvalue weighted by molar-refractivity contribution is 6.91. The summed E-state index contributed by atoms with van der Waals surface area (Å²) in [5.41, 5.74) is 0. The van der Waals surface area contributed by atoms with Gasteiger partial charge < -0.3 is 0 Å². The first kappa shape index (κ1) is 13.5. The van der Waals surface area contributed by atoms with Crippen LogP contribution >= 0.6 is 0 Å². The van der Waals surface area contributed by atoms with E-state index in [2.05, 4.69) is 51.1 Å². The van der Waals surface area contributed by atoms with Crippen molar-refractivity contribution in [2.75, 3.05) is 0 Å². The lowest BCUT2D eigenvalue weighted by molar-refractivity contribution is 0.937. The van der Waals surface area contributed by atoms with Crippen molar-refractivity contribution in [3.63, 3.8) is 0 Å². The fourth-order valence-corrected chi connectivity index (χ4v) is 8.35. The summed E-state index contributed by atoms with van der Waals surface area (Å²) < 4.78 is 0. The summed E-state index contributed by atoms with van der Waals surface area (Å²) in [6.07, 6.45) is 4.01. The van der Waals surface area contributed by atoms with E-state index in [1.54, 1.807) is 5.19 Å². The van der Waals surface area contributed by atoms with Crippen molar-refractivity contribution in [2.24, 2.45) is 0 Å². The summed E-state index contributed by atoms with van der Waals surface area (Å²) >= 11 is 0. The van der Waals surface area contributed by atoms with E-state index in [1.807, 2.05) is 0 Å². The van der Waals surface area contributed by atoms with Crippen molar-refractivity contribution in [3.8, 4) is 0 Å². The first-order valence-corrected chi connectivity index (χ1v) is 9.37. The largest absolute Gasteiger partial charge is 0.0866 e. The molecule has 1 aromatic carbocycles. The van der Waals surface area contributed by atoms with Crippen LogP contribution in [0.2, 0.25) is 18.1 Å². The molecule has 0 aromatic heterocycles. The molecule has 0 unspecified atom stereocenters. The van der Waals surface area contributed by atoms with Gasteiger partial charge in [0, 0.05) is 0 Å². The minimum absolute atomic E-state index is 1.19. The van der Waals surface area contributed by atoms with E-state index in [4.69, 9.17) is 0 Å². The van der Waals surface area contributed by atoms with E-state index in [0.29, 0.717) is 0 Å². The zero-order valence-corrected chi connectivity index (χ0v) is 12.1. The van der Waals surface area contributed by atoms with Gasteiger partial charge in [0.05, 0.1) is 8.07 Å². The van der Waals surface area contributed by atoms with Gasteiger partial charge in [-0.1, -0.05) is 87.6 Å². The number of benzene rings is 1. The van der Waals surface area contributed by atoms with Crippen LogP contribution in [0, 0.1) is 6.07 Å². The monoisotopic (exact) mass is 233 g/mol. The molecular weight excluding hydrogens is 208 g/mol. The summed E-state index contributed by atoms with van der Waals surface area (Å²) in [7, 11) is -1.19. The Kier molecular flexibility index (Phi) is 5.82. The summed E-state index contributed by atoms with van der Waals surface area (Å²) in [5, 5.41) is 1.66. The topological polar surface area (TPSA) is 0 Å². The molecule has 0 amide bonds. The maximum Gasteiger partial charge on any atom is 0.0866 e. The van der Waals surface area contributed by atoms with Gasteiger partial charge >= 0.3 is 0 Å². The molecule has 0 fully saturated rings. The second-order valence-electron chi connectivity index (χ2n) is 4.82. The van der Waals surface area contributed by atoms with E-state index < -0.39 is 8.07 Å². The van der Waals surface area contributed by atoms with Gasteiger partial charge in [-0.3, -0.25) is 0 Å². The van der Waals surface area contributed by atoms with Crippen LogP contribution in [0.15, 0.2) is 24.3 Å². The second kappa shape index (κ2) is 6.90. The molecule has 0 spiro atoms. The van der Waals surface area contributed by atoms with Crippen molar-refractivity contribution in [1.29, 1.82) is 0 Å². The molecule has 0 nitrogen and oxygen atoms in total. The van der Waals surface area contributed by atoms with Crippen LogP contribution in [0.3, 0.4) is 0 Å². The molecule has 0 aliphatic rings. The molecule has 1 aromatic rings. The molecule has 16 heavy (non-hydrogen) atoms. The molecular formula is C15H25Si. The van der Waals surface area contributed by atoms with Gasteiger partial charge in [0.2, 0.25) is 0 Å². The number of rotatable bonds is 7. The van der Waals surface area contributed by atoms with Crippen LogP contribution in [0.25, 0.3) is 0 Å². The molecule has 1 rings (SSSR count). The number of hydrogen-bond donors (Lipinski definition) is 0. The van der Waals surface area contributed by atoms with Gasteiger partial charge in [-0.05, 0) is 6.07 Å². The molecule has 0 saturated heterocycles. The fraction of sp³-hybridized carbons (Fsp3) is 0.600. The highest BCUT2D eigenvalue weighted by Crippen LogP contribution is 2.25. The molecule has 0 aliphatic heterocycles. The molecule has 0 heterocycles. The Labute approximate surface area is 102 Å². The molecule has 0 saturated carbocycles. The van der Waals surface area contributed by atoms with E-state index in [1.165, 1.54) is 37.4 Å². The van der Waals surface area contributed by atoms with Crippen LogP contribution < -0.4 is 5.19 Å². The normalized spacial score (nSPS) is 11.7. The van der Waals surface area contributed by atoms with Crippen LogP contribution in [0.1, 0.15) is 40.0 Å². The minimum atomic E-state index is -1.19. The summed E-state index contributed by atoms with van der Waals surface area (Å²) in [5.74, 6) is 0. The Morgan fingerprint density at radius 3 is 1.69 bits per heavy atom. The molecule has 0 aliphatic carbocycles. The average Bonchev–Trinajstić information content (AvgIpc) is 2.31. The smallest absolute Gasteiger partial charge is 0.0656 e. The highest BCUT2D eigenvalue weighted by atomic mass is 28.3. The Morgan fingerprint density at radius 2 is 1.31 bits per heavy atom. The van der Waals surface area contributed by atoms with Crippen LogP contribution in [0.4, 0.5) is 0 Å². The zero-order valence-electron chi connectivity index (χ0n) is 11.1. The van der Waals surface area contributed by atoms with Crippen molar-refractivity contribution in [2.45, 2.75) is 58.2 Å². The van der Waals surface area contributed by atoms with Gasteiger partial charge in [0.1, 0.15) is 0 Å². The van der Waals surface area contributed by atoms with Crippen LogP contribution in [-0.2, 0) is 0 Å². The average molecular weight is 233 g/mol. The van der Waals surface area contributed by atoms with Crippen molar-refractivity contribution < 1.29 is 0 Å². The van der Waals surface area contributed by atoms with Gasteiger partial charge in [-0.2, -0.15) is 0 Å². The molecule has 0 atom stereocenters. The highest BCUT2D eigenvalue weighted by Gasteiger charge is 2.31. The maximum absolute atomic E-state index is 3.15. The van der Waals surface area contributed by atoms with Crippen molar-refractivity contribution in [1.82, 2.24) is 0 Å². The predicted octanol–water partition coefficient (Wildman–Crippen LogP) is 4.37. The Bertz CT molecular complexity index is 262.